The molecule has 10 heteroatoms. The first-order valence-electron chi connectivity index (χ1n) is 12.5. The van der Waals surface area contributed by atoms with Crippen LogP contribution < -0.4 is 0 Å². The molecule has 0 amide bonds. The summed E-state index contributed by atoms with van der Waals surface area (Å²) in [6.45, 7) is 8.12. The average molecular weight is 514 g/mol. The number of rotatable bonds is 4. The molecule has 0 N–H and O–H groups in total. The Morgan fingerprint density at radius 2 is 1.86 bits per heavy atom. The van der Waals surface area contributed by atoms with E-state index in [-0.39, 0.29) is 12.5 Å². The molecule has 192 valence electrons. The molecule has 3 heterocycles. The van der Waals surface area contributed by atoms with Gasteiger partial charge in [-0.25, -0.2) is 4.79 Å². The fourth-order valence-electron chi connectivity index (χ4n) is 5.04. The molecule has 3 aromatic rings. The summed E-state index contributed by atoms with van der Waals surface area (Å²) in [5, 5.41) is 15.6. The predicted octanol–water partition coefficient (Wildman–Crippen LogP) is 6.09. The summed E-state index contributed by atoms with van der Waals surface area (Å²) in [6, 6.07) is 7.84. The minimum Gasteiger partial charge on any atom is -0.427 e. The molecule has 0 atom stereocenters. The molecular formula is C26H32ClN5O4. The standard InChI is InChI=1S/C26H32ClN5O4/c1-5-20-13-21(30-35-20)16-6-8-17(9-7-16)24-29-28-23-15-31(36-25(33)34-26(2,3)4)14-18-12-19(27)10-11-22(18)32(23)24/h10-13,16-17H,5-9,14-15H2,1-4H3. The van der Waals surface area contributed by atoms with E-state index in [1.807, 2.05) is 18.2 Å². The lowest BCUT2D eigenvalue weighted by atomic mass is 9.80. The summed E-state index contributed by atoms with van der Waals surface area (Å²) in [5.74, 6) is 3.24. The van der Waals surface area contributed by atoms with Gasteiger partial charge in [-0.1, -0.05) is 23.7 Å². The minimum atomic E-state index is -0.753. The Labute approximate surface area is 215 Å². The molecule has 0 radical (unpaired) electrons. The Bertz CT molecular complexity index is 1240. The first-order chi connectivity index (χ1) is 17.2. The number of carbonyl (C=O) groups excluding carboxylic acids is 1. The van der Waals surface area contributed by atoms with Crippen LogP contribution in [0.5, 0.6) is 0 Å². The second-order valence-electron chi connectivity index (χ2n) is 10.6. The van der Waals surface area contributed by atoms with Crippen molar-refractivity contribution in [2.75, 3.05) is 0 Å². The molecule has 1 saturated carbocycles. The van der Waals surface area contributed by atoms with Crippen molar-refractivity contribution in [2.24, 2.45) is 0 Å². The number of ether oxygens (including phenoxy) is 1. The number of halogens is 1. The Balaban J connectivity index is 1.39. The van der Waals surface area contributed by atoms with Gasteiger partial charge in [0.2, 0.25) is 0 Å². The van der Waals surface area contributed by atoms with Gasteiger partial charge in [0.25, 0.3) is 0 Å². The third-order valence-electron chi connectivity index (χ3n) is 6.73. The summed E-state index contributed by atoms with van der Waals surface area (Å²) < 4.78 is 12.9. The van der Waals surface area contributed by atoms with Gasteiger partial charge in [0.05, 0.1) is 24.5 Å². The molecule has 0 saturated heterocycles. The van der Waals surface area contributed by atoms with Gasteiger partial charge in [0.1, 0.15) is 17.2 Å². The van der Waals surface area contributed by atoms with Gasteiger partial charge in [0.15, 0.2) is 5.82 Å². The molecule has 36 heavy (non-hydrogen) atoms. The van der Waals surface area contributed by atoms with E-state index in [0.717, 1.165) is 60.6 Å². The van der Waals surface area contributed by atoms with E-state index in [1.165, 1.54) is 0 Å². The molecule has 0 unspecified atom stereocenters. The van der Waals surface area contributed by atoms with Crippen LogP contribution in [0.3, 0.4) is 0 Å². The van der Waals surface area contributed by atoms with Crippen LogP contribution in [0.1, 0.15) is 93.9 Å². The summed E-state index contributed by atoms with van der Waals surface area (Å²) >= 11 is 6.34. The number of fused-ring (bicyclic) bond motifs is 3. The summed E-state index contributed by atoms with van der Waals surface area (Å²) in [5.41, 5.74) is 2.28. The van der Waals surface area contributed by atoms with Crippen LogP contribution >= 0.6 is 11.6 Å². The van der Waals surface area contributed by atoms with E-state index in [1.54, 1.807) is 25.8 Å². The zero-order chi connectivity index (χ0) is 25.4. The van der Waals surface area contributed by atoms with E-state index in [2.05, 4.69) is 32.9 Å². The maximum absolute atomic E-state index is 12.4. The van der Waals surface area contributed by atoms with E-state index in [9.17, 15) is 4.79 Å². The normalized spacial score (nSPS) is 20.4. The minimum absolute atomic E-state index is 0.266. The van der Waals surface area contributed by atoms with Gasteiger partial charge in [-0.15, -0.1) is 15.3 Å². The highest BCUT2D eigenvalue weighted by atomic mass is 35.5. The fourth-order valence-corrected chi connectivity index (χ4v) is 5.23. The Kier molecular flexibility index (Phi) is 6.78. The molecule has 1 aliphatic carbocycles. The van der Waals surface area contributed by atoms with Crippen LogP contribution in [-0.4, -0.2) is 36.7 Å². The van der Waals surface area contributed by atoms with Crippen LogP contribution in [-0.2, 0) is 29.1 Å². The van der Waals surface area contributed by atoms with E-state index < -0.39 is 11.8 Å². The van der Waals surface area contributed by atoms with Crippen molar-refractivity contribution in [3.05, 3.63) is 58.0 Å². The third kappa shape index (κ3) is 5.27. The van der Waals surface area contributed by atoms with Crippen LogP contribution in [0.2, 0.25) is 5.02 Å². The van der Waals surface area contributed by atoms with Crippen molar-refractivity contribution in [3.63, 3.8) is 0 Å². The number of aryl methyl sites for hydroxylation is 1. The lowest BCUT2D eigenvalue weighted by Crippen LogP contribution is -2.31. The average Bonchev–Trinajstić information content (AvgIpc) is 3.42. The van der Waals surface area contributed by atoms with Crippen LogP contribution in [0.25, 0.3) is 5.69 Å². The van der Waals surface area contributed by atoms with Gasteiger partial charge in [0, 0.05) is 29.3 Å². The molecular weight excluding hydrogens is 482 g/mol. The lowest BCUT2D eigenvalue weighted by molar-refractivity contribution is -0.155. The maximum Gasteiger partial charge on any atom is 0.528 e. The summed E-state index contributed by atoms with van der Waals surface area (Å²) in [4.78, 5) is 17.9. The third-order valence-corrected chi connectivity index (χ3v) is 6.97. The molecule has 1 fully saturated rings. The lowest BCUT2D eigenvalue weighted by Gasteiger charge is -2.27. The zero-order valence-corrected chi connectivity index (χ0v) is 21.9. The number of hydrogen-bond acceptors (Lipinski definition) is 8. The van der Waals surface area contributed by atoms with Gasteiger partial charge < -0.3 is 14.1 Å². The number of benzene rings is 1. The van der Waals surface area contributed by atoms with Crippen LogP contribution in [0, 0.1) is 0 Å². The van der Waals surface area contributed by atoms with Crippen molar-refractivity contribution in [3.8, 4) is 5.69 Å². The smallest absolute Gasteiger partial charge is 0.427 e. The van der Waals surface area contributed by atoms with Crippen molar-refractivity contribution < 1.29 is 18.9 Å². The first kappa shape index (κ1) is 24.8. The summed E-state index contributed by atoms with van der Waals surface area (Å²) in [7, 11) is 0. The van der Waals surface area contributed by atoms with Crippen LogP contribution in [0.15, 0.2) is 28.8 Å². The molecule has 0 bridgehead atoms. The largest absolute Gasteiger partial charge is 0.528 e. The number of aromatic nitrogens is 4. The molecule has 1 aliphatic heterocycles. The highest BCUT2D eigenvalue weighted by Crippen LogP contribution is 2.41. The molecule has 2 aliphatic rings. The van der Waals surface area contributed by atoms with E-state index in [4.69, 9.17) is 25.7 Å². The van der Waals surface area contributed by atoms with Gasteiger partial charge in [-0.05, 0) is 70.2 Å². The summed E-state index contributed by atoms with van der Waals surface area (Å²) in [6.07, 6.45) is 4.10. The monoisotopic (exact) mass is 513 g/mol. The molecule has 9 nitrogen and oxygen atoms in total. The topological polar surface area (TPSA) is 95.5 Å². The quantitative estimate of drug-likeness (QED) is 0.386. The Hall–Kier alpha value is -2.91. The second kappa shape index (κ2) is 9.86. The number of hydroxylamine groups is 2. The van der Waals surface area contributed by atoms with Gasteiger partial charge in [-0.3, -0.25) is 4.57 Å². The second-order valence-corrected chi connectivity index (χ2v) is 11.0. The van der Waals surface area contributed by atoms with E-state index >= 15 is 0 Å². The number of nitrogens with zero attached hydrogens (tertiary/aromatic N) is 5. The van der Waals surface area contributed by atoms with E-state index in [0.29, 0.717) is 23.3 Å². The molecule has 5 rings (SSSR count). The Morgan fingerprint density at radius 3 is 2.56 bits per heavy atom. The Morgan fingerprint density at radius 1 is 1.11 bits per heavy atom. The molecule has 2 aromatic heterocycles. The van der Waals surface area contributed by atoms with Gasteiger partial charge >= 0.3 is 6.16 Å². The number of carbonyl (C=O) groups is 1. The highest BCUT2D eigenvalue weighted by molar-refractivity contribution is 6.30. The van der Waals surface area contributed by atoms with Crippen molar-refractivity contribution in [1.29, 1.82) is 0 Å². The van der Waals surface area contributed by atoms with Crippen molar-refractivity contribution >= 4 is 17.8 Å². The highest BCUT2D eigenvalue weighted by Gasteiger charge is 2.33. The molecule has 1 aromatic carbocycles. The predicted molar refractivity (Wildman–Crippen MR) is 133 cm³/mol. The maximum atomic E-state index is 12.4. The van der Waals surface area contributed by atoms with Crippen LogP contribution in [0.4, 0.5) is 4.79 Å². The zero-order valence-electron chi connectivity index (χ0n) is 21.2. The first-order valence-corrected chi connectivity index (χ1v) is 12.9. The van der Waals surface area contributed by atoms with Crippen molar-refractivity contribution in [2.45, 2.75) is 90.3 Å². The SMILES string of the molecule is CCc1cc(C2CCC(c3nnc4n3-c3ccc(Cl)cc3CN(OC(=O)OC(C)(C)C)C4)CC2)no1. The number of hydrogen-bond donors (Lipinski definition) is 0. The van der Waals surface area contributed by atoms with Crippen molar-refractivity contribution in [1.82, 2.24) is 25.0 Å². The fraction of sp³-hybridized carbons (Fsp3) is 0.538. The van der Waals surface area contributed by atoms with Gasteiger partial charge in [-0.2, -0.15) is 0 Å². The molecule has 0 spiro atoms.